The molecule has 0 radical (unpaired) electrons. The maximum Gasteiger partial charge on any atom is 0.446 e. The van der Waals surface area contributed by atoms with E-state index in [1.54, 1.807) is 5.32 Å². The molecule has 1 atom stereocenters. The number of benzene rings is 1. The predicted octanol–water partition coefficient (Wildman–Crippen LogP) is 2.51. The molecule has 10 heteroatoms. The van der Waals surface area contributed by atoms with Crippen molar-refractivity contribution in [1.29, 1.82) is 0 Å². The number of fused-ring (bicyclic) bond motifs is 3. The van der Waals surface area contributed by atoms with Crippen LogP contribution in [0.4, 0.5) is 23.4 Å². The van der Waals surface area contributed by atoms with E-state index in [1.807, 2.05) is 0 Å². The minimum atomic E-state index is -5.26. The minimum Gasteiger partial charge on any atom is -0.365 e. The number of hydrogen-bond acceptors (Lipinski definition) is 4. The van der Waals surface area contributed by atoms with E-state index in [-0.39, 0.29) is 22.7 Å². The first-order valence-electron chi connectivity index (χ1n) is 6.37. The molecule has 1 unspecified atom stereocenters. The van der Waals surface area contributed by atoms with Crippen LogP contribution < -0.4 is 11.1 Å². The van der Waals surface area contributed by atoms with Crippen LogP contribution in [-0.2, 0) is 11.5 Å². The number of nitrogens with zero attached hydrogens (tertiary/aromatic N) is 2. The van der Waals surface area contributed by atoms with Gasteiger partial charge in [-0.2, -0.15) is 30.9 Å². The number of carbonyl (C=O) groups is 1. The number of thiol groups is 1. The summed E-state index contributed by atoms with van der Waals surface area (Å²) in [6.07, 6.45) is -5.26. The molecule has 2 heterocycles. The Morgan fingerprint density at radius 2 is 2.04 bits per heavy atom. The number of primary amides is 1. The molecule has 1 aromatic heterocycles. The van der Waals surface area contributed by atoms with Gasteiger partial charge in [0.05, 0.1) is 11.4 Å². The highest BCUT2D eigenvalue weighted by Gasteiger charge is 2.61. The molecule has 0 spiro atoms. The van der Waals surface area contributed by atoms with Crippen molar-refractivity contribution in [3.63, 3.8) is 0 Å². The molecule has 1 aromatic carbocycles. The molecular weight excluding hydrogens is 336 g/mol. The largest absolute Gasteiger partial charge is 0.446 e. The molecule has 3 rings (SSSR count). The molecule has 0 bridgehead atoms. The van der Waals surface area contributed by atoms with Crippen LogP contribution >= 0.6 is 12.6 Å². The average molecular weight is 346 g/mol. The second kappa shape index (κ2) is 4.88. The zero-order valence-corrected chi connectivity index (χ0v) is 12.3. The summed E-state index contributed by atoms with van der Waals surface area (Å²) in [7, 11) is 0. The van der Waals surface area contributed by atoms with E-state index < -0.39 is 29.3 Å². The standard InChI is InChI=1S/C13H10F4N4OS/c14-12(13(15,16)17)6-3-1-2-4-8(6)21-11(19-12)9(10(18)22)7(5-23)20-21/h1-4,19,23H,5H2,(H2,18,22). The van der Waals surface area contributed by atoms with E-state index in [0.29, 0.717) is 0 Å². The number of nitrogens with two attached hydrogens (primary N) is 1. The summed E-state index contributed by atoms with van der Waals surface area (Å²) in [5.74, 6) is -5.38. The summed E-state index contributed by atoms with van der Waals surface area (Å²) < 4.78 is 55.9. The molecule has 0 aliphatic carbocycles. The molecule has 5 nitrogen and oxygen atoms in total. The van der Waals surface area contributed by atoms with Gasteiger partial charge >= 0.3 is 12.0 Å². The third kappa shape index (κ3) is 2.08. The Balaban J connectivity index is 2.36. The third-order valence-corrected chi connectivity index (χ3v) is 3.84. The van der Waals surface area contributed by atoms with E-state index in [9.17, 15) is 22.4 Å². The van der Waals surface area contributed by atoms with Gasteiger partial charge in [0.25, 0.3) is 5.91 Å². The SMILES string of the molecule is NC(=O)c1c(CS)nn2c1NC(F)(C(F)(F)F)c1ccccc1-2. The van der Waals surface area contributed by atoms with Crippen molar-refractivity contribution in [2.75, 3.05) is 5.32 Å². The summed E-state index contributed by atoms with van der Waals surface area (Å²) >= 11 is 3.98. The van der Waals surface area contributed by atoms with E-state index >= 15 is 0 Å². The maximum absolute atomic E-state index is 14.9. The van der Waals surface area contributed by atoms with Crippen LogP contribution in [0.3, 0.4) is 0 Å². The second-order valence-corrected chi connectivity index (χ2v) is 5.22. The van der Waals surface area contributed by atoms with Crippen LogP contribution in [0.1, 0.15) is 21.6 Å². The quantitative estimate of drug-likeness (QED) is 0.444. The van der Waals surface area contributed by atoms with Crippen molar-refractivity contribution < 1.29 is 22.4 Å². The molecule has 23 heavy (non-hydrogen) atoms. The number of hydrogen-bond donors (Lipinski definition) is 3. The van der Waals surface area contributed by atoms with Gasteiger partial charge < -0.3 is 11.1 Å². The van der Waals surface area contributed by atoms with Crippen molar-refractivity contribution in [1.82, 2.24) is 9.78 Å². The lowest BCUT2D eigenvalue weighted by Gasteiger charge is -2.35. The maximum atomic E-state index is 14.9. The number of para-hydroxylation sites is 1. The number of halogens is 4. The number of aromatic nitrogens is 2. The third-order valence-electron chi connectivity index (χ3n) is 3.54. The van der Waals surface area contributed by atoms with E-state index in [0.717, 1.165) is 10.7 Å². The lowest BCUT2D eigenvalue weighted by atomic mass is 9.99. The van der Waals surface area contributed by atoms with Crippen LogP contribution in [0.2, 0.25) is 0 Å². The average Bonchev–Trinajstić information content (AvgIpc) is 2.85. The Morgan fingerprint density at radius 3 is 2.61 bits per heavy atom. The normalized spacial score (nSPS) is 19.7. The van der Waals surface area contributed by atoms with Crippen LogP contribution in [0.25, 0.3) is 5.69 Å². The number of nitrogens with one attached hydrogen (secondary N) is 1. The van der Waals surface area contributed by atoms with Gasteiger partial charge in [-0.3, -0.25) is 4.79 Å². The Morgan fingerprint density at radius 1 is 1.39 bits per heavy atom. The predicted molar refractivity (Wildman–Crippen MR) is 77.2 cm³/mol. The van der Waals surface area contributed by atoms with Crippen molar-refractivity contribution in [3.8, 4) is 5.69 Å². The summed E-state index contributed by atoms with van der Waals surface area (Å²) in [6, 6.07) is 5.00. The smallest absolute Gasteiger partial charge is 0.365 e. The van der Waals surface area contributed by atoms with Gasteiger partial charge in [-0.05, 0) is 6.07 Å². The molecule has 0 fully saturated rings. The van der Waals surface area contributed by atoms with Crippen molar-refractivity contribution in [3.05, 3.63) is 41.1 Å². The highest BCUT2D eigenvalue weighted by atomic mass is 32.1. The fourth-order valence-corrected chi connectivity index (χ4v) is 2.75. The van der Waals surface area contributed by atoms with Crippen LogP contribution in [0.5, 0.6) is 0 Å². The van der Waals surface area contributed by atoms with Crippen LogP contribution in [0, 0.1) is 0 Å². The topological polar surface area (TPSA) is 72.9 Å². The first-order chi connectivity index (χ1) is 10.7. The molecule has 3 N–H and O–H groups in total. The molecule has 1 amide bonds. The van der Waals surface area contributed by atoms with Crippen molar-refractivity contribution in [2.45, 2.75) is 17.7 Å². The first-order valence-corrected chi connectivity index (χ1v) is 7.00. The van der Waals surface area contributed by atoms with Crippen LogP contribution in [0.15, 0.2) is 24.3 Å². The van der Waals surface area contributed by atoms with Gasteiger partial charge in [0.15, 0.2) is 0 Å². The summed E-state index contributed by atoms with van der Waals surface area (Å²) in [4.78, 5) is 11.6. The van der Waals surface area contributed by atoms with E-state index in [1.165, 1.54) is 18.2 Å². The number of carbonyl (C=O) groups excluding carboxylic acids is 1. The molecular formula is C13H10F4N4OS. The highest BCUT2D eigenvalue weighted by molar-refractivity contribution is 7.79. The Labute approximate surface area is 132 Å². The summed E-state index contributed by atoms with van der Waals surface area (Å²) in [5.41, 5.74) is 4.17. The van der Waals surface area contributed by atoms with Gasteiger partial charge in [0, 0.05) is 11.3 Å². The lowest BCUT2D eigenvalue weighted by Crippen LogP contribution is -2.48. The minimum absolute atomic E-state index is 0.0482. The Kier molecular flexibility index (Phi) is 3.32. The highest BCUT2D eigenvalue weighted by Crippen LogP contribution is 2.49. The van der Waals surface area contributed by atoms with Gasteiger partial charge in [-0.1, -0.05) is 18.2 Å². The number of amides is 1. The fraction of sp³-hybridized carbons (Fsp3) is 0.231. The van der Waals surface area contributed by atoms with Crippen molar-refractivity contribution in [2.24, 2.45) is 5.73 Å². The van der Waals surface area contributed by atoms with Gasteiger partial charge in [-0.25, -0.2) is 9.07 Å². The molecule has 2 aromatic rings. The Hall–Kier alpha value is -2.23. The van der Waals surface area contributed by atoms with Gasteiger partial charge in [0.1, 0.15) is 11.4 Å². The van der Waals surface area contributed by atoms with Crippen molar-refractivity contribution >= 4 is 24.4 Å². The van der Waals surface area contributed by atoms with Crippen LogP contribution in [-0.4, -0.2) is 21.9 Å². The first kappa shape index (κ1) is 15.7. The number of alkyl halides is 4. The second-order valence-electron chi connectivity index (χ2n) is 4.90. The van der Waals surface area contributed by atoms with Gasteiger partial charge in [0.2, 0.25) is 0 Å². The fourth-order valence-electron chi connectivity index (χ4n) is 2.53. The zero-order chi connectivity index (χ0) is 17.0. The molecule has 0 saturated carbocycles. The van der Waals surface area contributed by atoms with E-state index in [2.05, 4.69) is 17.7 Å². The number of rotatable bonds is 2. The molecule has 1 aliphatic rings. The summed E-state index contributed by atoms with van der Waals surface area (Å²) in [6.45, 7) is 0. The number of anilines is 1. The molecule has 1 aliphatic heterocycles. The molecule has 0 saturated heterocycles. The molecule has 122 valence electrons. The monoisotopic (exact) mass is 346 g/mol. The van der Waals surface area contributed by atoms with E-state index in [4.69, 9.17) is 5.73 Å². The zero-order valence-electron chi connectivity index (χ0n) is 11.4. The summed E-state index contributed by atoms with van der Waals surface area (Å²) in [5, 5.41) is 5.77. The van der Waals surface area contributed by atoms with Gasteiger partial charge in [-0.15, -0.1) is 0 Å². The Bertz CT molecular complexity index is 804. The lowest BCUT2D eigenvalue weighted by molar-refractivity contribution is -0.225.